The maximum atomic E-state index is 11.0. The molecule has 0 atom stereocenters. The largest absolute Gasteiger partial charge is 0.491 e. The van der Waals surface area contributed by atoms with E-state index in [-0.39, 0.29) is 11.8 Å². The molecule has 10 heteroatoms. The lowest BCUT2D eigenvalue weighted by molar-refractivity contribution is 0.306. The fraction of sp³-hybridized carbons (Fsp3) is 0.421. The van der Waals surface area contributed by atoms with Crippen LogP contribution < -0.4 is 4.74 Å². The maximum Gasteiger partial charge on any atom is 0.264 e. The van der Waals surface area contributed by atoms with Gasteiger partial charge in [-0.2, -0.15) is 13.5 Å². The van der Waals surface area contributed by atoms with Crippen LogP contribution in [0.25, 0.3) is 22.9 Å². The Morgan fingerprint density at radius 1 is 1.28 bits per heavy atom. The number of hydrogen-bond donors (Lipinski definition) is 1. The smallest absolute Gasteiger partial charge is 0.264 e. The summed E-state index contributed by atoms with van der Waals surface area (Å²) in [5.41, 5.74) is 2.56. The average Bonchev–Trinajstić information content (AvgIpc) is 3.25. The second-order valence-electron chi connectivity index (χ2n) is 7.33. The molecular formula is C19H23N5O4S. The summed E-state index contributed by atoms with van der Waals surface area (Å²) in [5.74, 6) is 1.98. The minimum absolute atomic E-state index is 0.166. The third kappa shape index (κ3) is 4.18. The summed E-state index contributed by atoms with van der Waals surface area (Å²) in [6, 6.07) is 5.94. The van der Waals surface area contributed by atoms with E-state index in [4.69, 9.17) is 14.3 Å². The molecule has 0 aliphatic carbocycles. The number of aromatic nitrogens is 5. The van der Waals surface area contributed by atoms with Crippen LogP contribution >= 0.6 is 0 Å². The van der Waals surface area contributed by atoms with Gasteiger partial charge in [-0.15, -0.1) is 0 Å². The molecule has 1 aromatic carbocycles. The van der Waals surface area contributed by atoms with Crippen molar-refractivity contribution >= 4 is 10.1 Å². The van der Waals surface area contributed by atoms with Crippen LogP contribution in [0.2, 0.25) is 0 Å². The van der Waals surface area contributed by atoms with Gasteiger partial charge in [0.25, 0.3) is 10.1 Å². The van der Waals surface area contributed by atoms with Crippen molar-refractivity contribution in [3.8, 4) is 28.7 Å². The number of benzene rings is 1. The number of nitrogens with zero attached hydrogens (tertiary/aromatic N) is 5. The lowest BCUT2D eigenvalue weighted by Gasteiger charge is -2.09. The Hall–Kier alpha value is -2.72. The molecule has 154 valence electrons. The summed E-state index contributed by atoms with van der Waals surface area (Å²) in [4.78, 5) is 9.20. The molecule has 0 bridgehead atoms. The summed E-state index contributed by atoms with van der Waals surface area (Å²) < 4.78 is 40.6. The van der Waals surface area contributed by atoms with Crippen molar-refractivity contribution in [2.45, 2.75) is 39.3 Å². The van der Waals surface area contributed by atoms with Gasteiger partial charge < -0.3 is 9.30 Å². The minimum Gasteiger partial charge on any atom is -0.491 e. The number of aryl methyl sites for hydroxylation is 1. The fourth-order valence-electron chi connectivity index (χ4n) is 3.47. The van der Waals surface area contributed by atoms with E-state index in [0.29, 0.717) is 31.8 Å². The van der Waals surface area contributed by atoms with E-state index in [2.05, 4.69) is 10.1 Å². The molecule has 0 unspecified atom stereocenters. The van der Waals surface area contributed by atoms with Crippen LogP contribution in [0, 0.1) is 0 Å². The van der Waals surface area contributed by atoms with Gasteiger partial charge in [0.05, 0.1) is 17.9 Å². The number of imidazole rings is 1. The number of ether oxygens (including phenoxy) is 1. The van der Waals surface area contributed by atoms with Crippen molar-refractivity contribution < 1.29 is 17.7 Å². The van der Waals surface area contributed by atoms with Crippen LogP contribution in [0.5, 0.6) is 5.75 Å². The van der Waals surface area contributed by atoms with E-state index < -0.39 is 10.1 Å². The molecule has 9 nitrogen and oxygen atoms in total. The van der Waals surface area contributed by atoms with Crippen LogP contribution in [0.1, 0.15) is 31.9 Å². The molecule has 4 rings (SSSR count). The highest BCUT2D eigenvalue weighted by Crippen LogP contribution is 2.34. The molecule has 2 aromatic heterocycles. The molecule has 0 amide bonds. The van der Waals surface area contributed by atoms with Crippen molar-refractivity contribution in [3.63, 3.8) is 0 Å². The highest BCUT2D eigenvalue weighted by atomic mass is 32.2. The van der Waals surface area contributed by atoms with E-state index in [9.17, 15) is 8.42 Å². The molecule has 0 saturated carbocycles. The summed E-state index contributed by atoms with van der Waals surface area (Å²) in [6.45, 7) is 5.27. The lowest BCUT2D eigenvalue weighted by atomic mass is 10.1. The zero-order valence-electron chi connectivity index (χ0n) is 16.3. The Bertz CT molecular complexity index is 1130. The van der Waals surface area contributed by atoms with Crippen molar-refractivity contribution in [1.29, 1.82) is 0 Å². The predicted molar refractivity (Wildman–Crippen MR) is 107 cm³/mol. The second kappa shape index (κ2) is 7.60. The predicted octanol–water partition coefficient (Wildman–Crippen LogP) is 2.60. The first-order valence-corrected chi connectivity index (χ1v) is 11.1. The van der Waals surface area contributed by atoms with E-state index >= 15 is 0 Å². The molecule has 0 spiro atoms. The van der Waals surface area contributed by atoms with Gasteiger partial charge in [-0.25, -0.2) is 14.6 Å². The van der Waals surface area contributed by atoms with Gasteiger partial charge in [0, 0.05) is 12.2 Å². The summed E-state index contributed by atoms with van der Waals surface area (Å²) in [5, 5.41) is 4.29. The van der Waals surface area contributed by atoms with Crippen LogP contribution in [0.15, 0.2) is 30.7 Å². The highest BCUT2D eigenvalue weighted by molar-refractivity contribution is 7.85. The van der Waals surface area contributed by atoms with Crippen LogP contribution in [0.4, 0.5) is 0 Å². The molecule has 3 aromatic rings. The number of hydrogen-bond acceptors (Lipinski definition) is 6. The third-order valence-corrected chi connectivity index (χ3v) is 5.61. The average molecular weight is 417 g/mol. The maximum absolute atomic E-state index is 11.0. The molecule has 1 aliphatic heterocycles. The van der Waals surface area contributed by atoms with Crippen LogP contribution in [-0.2, 0) is 23.1 Å². The first kappa shape index (κ1) is 19.6. The Balaban J connectivity index is 1.69. The van der Waals surface area contributed by atoms with Crippen molar-refractivity contribution in [2.75, 3.05) is 12.4 Å². The van der Waals surface area contributed by atoms with Gasteiger partial charge in [-0.05, 0) is 44.4 Å². The van der Waals surface area contributed by atoms with E-state index in [1.807, 2.05) is 47.5 Å². The highest BCUT2D eigenvalue weighted by Gasteiger charge is 2.22. The van der Waals surface area contributed by atoms with Crippen molar-refractivity contribution in [3.05, 3.63) is 36.3 Å². The van der Waals surface area contributed by atoms with E-state index in [1.165, 1.54) is 6.33 Å². The number of fused-ring (bicyclic) bond motifs is 3. The molecule has 1 aliphatic rings. The molecule has 0 saturated heterocycles. The quantitative estimate of drug-likeness (QED) is 0.614. The minimum atomic E-state index is -3.96. The first-order valence-electron chi connectivity index (χ1n) is 9.50. The van der Waals surface area contributed by atoms with Crippen molar-refractivity contribution in [2.24, 2.45) is 0 Å². The van der Waals surface area contributed by atoms with Gasteiger partial charge in [0.15, 0.2) is 5.82 Å². The molecule has 3 heterocycles. The van der Waals surface area contributed by atoms with Crippen LogP contribution in [0.3, 0.4) is 0 Å². The standard InChI is InChI=1S/C19H23N5O4S/c1-13(2)24-19(20-12-21-24)16-11-23-7-8-28-17-6-5-14(4-3-9-29(25,26)27)10-15(17)18(23)22-16/h5-6,10-13H,3-4,7-9H2,1-2H3,(H,25,26,27). The second-order valence-corrected chi connectivity index (χ2v) is 8.91. The summed E-state index contributed by atoms with van der Waals surface area (Å²) >= 11 is 0. The van der Waals surface area contributed by atoms with Gasteiger partial charge in [0.1, 0.15) is 30.2 Å². The van der Waals surface area contributed by atoms with Gasteiger partial charge >= 0.3 is 0 Å². The zero-order chi connectivity index (χ0) is 20.6. The van der Waals surface area contributed by atoms with E-state index in [1.54, 1.807) is 0 Å². The van der Waals surface area contributed by atoms with Crippen LogP contribution in [-0.4, -0.2) is 49.6 Å². The molecular weight excluding hydrogens is 394 g/mol. The monoisotopic (exact) mass is 417 g/mol. The molecule has 0 radical (unpaired) electrons. The summed E-state index contributed by atoms with van der Waals surface area (Å²) in [6.07, 6.45) is 4.37. The SMILES string of the molecule is CC(C)n1ncnc1-c1cn2c(n1)-c1cc(CCCS(=O)(=O)O)ccc1OCC2. The van der Waals surface area contributed by atoms with Gasteiger partial charge in [0.2, 0.25) is 0 Å². The first-order chi connectivity index (χ1) is 13.8. The lowest BCUT2D eigenvalue weighted by Crippen LogP contribution is -2.06. The molecule has 29 heavy (non-hydrogen) atoms. The normalized spacial score (nSPS) is 13.7. The number of rotatable bonds is 6. The summed E-state index contributed by atoms with van der Waals surface area (Å²) in [7, 11) is -3.96. The Kier molecular flexibility index (Phi) is 5.13. The Morgan fingerprint density at radius 2 is 2.10 bits per heavy atom. The molecule has 0 fully saturated rings. The van der Waals surface area contributed by atoms with Gasteiger partial charge in [-0.1, -0.05) is 6.07 Å². The Labute approximate surface area is 169 Å². The van der Waals surface area contributed by atoms with E-state index in [0.717, 1.165) is 28.4 Å². The topological polar surface area (TPSA) is 112 Å². The fourth-order valence-corrected chi connectivity index (χ4v) is 3.98. The zero-order valence-corrected chi connectivity index (χ0v) is 17.1. The van der Waals surface area contributed by atoms with Gasteiger partial charge in [-0.3, -0.25) is 4.55 Å². The third-order valence-electron chi connectivity index (χ3n) is 4.81. The van der Waals surface area contributed by atoms with Crippen molar-refractivity contribution in [1.82, 2.24) is 24.3 Å². The molecule has 1 N–H and O–H groups in total. The Morgan fingerprint density at radius 3 is 2.86 bits per heavy atom.